The van der Waals surface area contributed by atoms with E-state index in [1.807, 2.05) is 0 Å². The molecule has 0 fully saturated rings. The van der Waals surface area contributed by atoms with Gasteiger partial charge >= 0.3 is 0 Å². The number of hydrogen-bond donors (Lipinski definition) is 1. The number of aromatic carboxylic acids is 1. The van der Waals surface area contributed by atoms with Gasteiger partial charge in [0.1, 0.15) is 17.1 Å². The first-order chi connectivity index (χ1) is 11.0. The van der Waals surface area contributed by atoms with Gasteiger partial charge in [0.25, 0.3) is 5.91 Å². The topological polar surface area (TPSA) is 87.7 Å². The number of ether oxygens (including phenoxy) is 2. The van der Waals surface area contributed by atoms with Gasteiger partial charge in [-0.15, -0.1) is 0 Å². The Morgan fingerprint density at radius 3 is 2.22 bits per heavy atom. The van der Waals surface area contributed by atoms with Gasteiger partial charge in [-0.3, -0.25) is 4.79 Å². The van der Waals surface area contributed by atoms with E-state index in [1.165, 1.54) is 26.4 Å². The largest absolute Gasteiger partial charge is 0.545 e. The standard InChI is InChI=1S/C16H14BrNO5/c1-22-12-4-3-5-13(23-2)14(12)15(19)18-11-7-6-9(17)8-10(11)16(20)21/h3-8H,1-2H3,(H,18,19)(H,20,21)/p-1. The molecule has 0 saturated heterocycles. The van der Waals surface area contributed by atoms with Crippen LogP contribution in [0.3, 0.4) is 0 Å². The Labute approximate surface area is 141 Å². The fourth-order valence-electron chi connectivity index (χ4n) is 2.05. The van der Waals surface area contributed by atoms with Gasteiger partial charge in [-0.2, -0.15) is 0 Å². The third kappa shape index (κ3) is 3.62. The van der Waals surface area contributed by atoms with E-state index >= 15 is 0 Å². The predicted molar refractivity (Wildman–Crippen MR) is 86.0 cm³/mol. The van der Waals surface area contributed by atoms with Gasteiger partial charge in [0.15, 0.2) is 0 Å². The van der Waals surface area contributed by atoms with Crippen molar-refractivity contribution in [3.05, 3.63) is 52.0 Å². The van der Waals surface area contributed by atoms with Crippen LogP contribution in [0.25, 0.3) is 0 Å². The third-order valence-corrected chi connectivity index (χ3v) is 3.60. The van der Waals surface area contributed by atoms with E-state index in [0.29, 0.717) is 16.0 Å². The minimum Gasteiger partial charge on any atom is -0.545 e. The Bertz CT molecular complexity index is 738. The second kappa shape index (κ2) is 7.15. The number of amides is 1. The molecule has 0 aliphatic heterocycles. The number of carboxylic acids is 1. The van der Waals surface area contributed by atoms with Crippen LogP contribution in [0.4, 0.5) is 5.69 Å². The molecule has 0 heterocycles. The lowest BCUT2D eigenvalue weighted by atomic mass is 10.1. The van der Waals surface area contributed by atoms with Gasteiger partial charge < -0.3 is 24.7 Å². The molecule has 1 N–H and O–H groups in total. The van der Waals surface area contributed by atoms with E-state index < -0.39 is 11.9 Å². The second-order valence-electron chi connectivity index (χ2n) is 4.47. The number of carbonyl (C=O) groups excluding carboxylic acids is 2. The first-order valence-corrected chi connectivity index (χ1v) is 7.30. The lowest BCUT2D eigenvalue weighted by molar-refractivity contribution is -0.254. The molecule has 0 aliphatic carbocycles. The minimum atomic E-state index is -1.39. The molecule has 0 bridgehead atoms. The number of nitrogens with one attached hydrogen (secondary N) is 1. The van der Waals surface area contributed by atoms with Crippen molar-refractivity contribution < 1.29 is 24.2 Å². The maximum absolute atomic E-state index is 12.5. The summed E-state index contributed by atoms with van der Waals surface area (Å²) in [5.74, 6) is -1.32. The summed E-state index contributed by atoms with van der Waals surface area (Å²) in [5, 5.41) is 13.7. The summed E-state index contributed by atoms with van der Waals surface area (Å²) in [4.78, 5) is 23.7. The number of anilines is 1. The zero-order valence-electron chi connectivity index (χ0n) is 12.4. The predicted octanol–water partition coefficient (Wildman–Crippen LogP) is 2.08. The zero-order chi connectivity index (χ0) is 17.0. The van der Waals surface area contributed by atoms with Crippen molar-refractivity contribution in [2.75, 3.05) is 19.5 Å². The minimum absolute atomic E-state index is 0.117. The van der Waals surface area contributed by atoms with Crippen molar-refractivity contribution in [3.63, 3.8) is 0 Å². The van der Waals surface area contributed by atoms with Crippen LogP contribution in [0.2, 0.25) is 0 Å². The van der Waals surface area contributed by atoms with Gasteiger partial charge in [0, 0.05) is 10.0 Å². The Hall–Kier alpha value is -2.54. The van der Waals surface area contributed by atoms with Crippen LogP contribution in [0, 0.1) is 0 Å². The third-order valence-electron chi connectivity index (χ3n) is 3.10. The highest BCUT2D eigenvalue weighted by Gasteiger charge is 2.19. The Kier molecular flexibility index (Phi) is 5.23. The zero-order valence-corrected chi connectivity index (χ0v) is 14.0. The van der Waals surface area contributed by atoms with Crippen LogP contribution < -0.4 is 19.9 Å². The van der Waals surface area contributed by atoms with Crippen molar-refractivity contribution >= 4 is 33.5 Å². The molecule has 0 saturated carbocycles. The molecular weight excluding hydrogens is 366 g/mol. The maximum atomic E-state index is 12.5. The average molecular weight is 379 g/mol. The highest BCUT2D eigenvalue weighted by molar-refractivity contribution is 9.10. The van der Waals surface area contributed by atoms with Crippen LogP contribution in [0.1, 0.15) is 20.7 Å². The van der Waals surface area contributed by atoms with Crippen molar-refractivity contribution in [1.29, 1.82) is 0 Å². The number of hydrogen-bond acceptors (Lipinski definition) is 5. The quantitative estimate of drug-likeness (QED) is 0.860. The number of rotatable bonds is 5. The van der Waals surface area contributed by atoms with Crippen LogP contribution in [0.5, 0.6) is 11.5 Å². The Morgan fingerprint density at radius 1 is 1.09 bits per heavy atom. The number of benzene rings is 2. The summed E-state index contributed by atoms with van der Waals surface area (Å²) in [6, 6.07) is 9.33. The van der Waals surface area contributed by atoms with E-state index in [9.17, 15) is 14.7 Å². The van der Waals surface area contributed by atoms with Crippen molar-refractivity contribution in [2.45, 2.75) is 0 Å². The van der Waals surface area contributed by atoms with E-state index in [0.717, 1.165) is 0 Å². The second-order valence-corrected chi connectivity index (χ2v) is 5.38. The molecule has 2 aromatic carbocycles. The van der Waals surface area contributed by atoms with Crippen LogP contribution in [-0.2, 0) is 0 Å². The van der Waals surface area contributed by atoms with Gasteiger partial charge in [-0.25, -0.2) is 0 Å². The molecule has 0 aliphatic rings. The van der Waals surface area contributed by atoms with E-state index in [4.69, 9.17) is 9.47 Å². The molecule has 23 heavy (non-hydrogen) atoms. The van der Waals surface area contributed by atoms with Crippen LogP contribution >= 0.6 is 15.9 Å². The average Bonchev–Trinajstić information content (AvgIpc) is 2.55. The fraction of sp³-hybridized carbons (Fsp3) is 0.125. The molecule has 6 nitrogen and oxygen atoms in total. The van der Waals surface area contributed by atoms with E-state index in [-0.39, 0.29) is 16.8 Å². The van der Waals surface area contributed by atoms with Gasteiger partial charge in [-0.05, 0) is 30.3 Å². The molecule has 1 amide bonds. The van der Waals surface area contributed by atoms with Gasteiger partial charge in [0.2, 0.25) is 0 Å². The lowest BCUT2D eigenvalue weighted by Crippen LogP contribution is -2.25. The SMILES string of the molecule is COc1cccc(OC)c1C(=O)Nc1ccc(Br)cc1C(=O)[O-]. The molecule has 0 spiro atoms. The molecule has 0 aromatic heterocycles. The first kappa shape index (κ1) is 16.8. The summed E-state index contributed by atoms with van der Waals surface area (Å²) in [6.45, 7) is 0. The fourth-order valence-corrected chi connectivity index (χ4v) is 2.42. The smallest absolute Gasteiger partial charge is 0.263 e. The van der Waals surface area contributed by atoms with Crippen molar-refractivity contribution in [2.24, 2.45) is 0 Å². The number of methoxy groups -OCH3 is 2. The highest BCUT2D eigenvalue weighted by Crippen LogP contribution is 2.30. The molecule has 0 radical (unpaired) electrons. The molecular formula is C16H13BrNO5-. The summed E-state index contributed by atoms with van der Waals surface area (Å²) in [7, 11) is 2.86. The van der Waals surface area contributed by atoms with Crippen LogP contribution in [0.15, 0.2) is 40.9 Å². The molecule has 120 valence electrons. The van der Waals surface area contributed by atoms with Crippen molar-refractivity contribution in [1.82, 2.24) is 0 Å². The number of carbonyl (C=O) groups is 2. The lowest BCUT2D eigenvalue weighted by Gasteiger charge is -2.15. The summed E-state index contributed by atoms with van der Waals surface area (Å²) >= 11 is 3.18. The summed E-state index contributed by atoms with van der Waals surface area (Å²) in [5.41, 5.74) is 0.150. The van der Waals surface area contributed by atoms with Crippen LogP contribution in [-0.4, -0.2) is 26.1 Å². The van der Waals surface area contributed by atoms with Gasteiger partial charge in [-0.1, -0.05) is 22.0 Å². The van der Waals surface area contributed by atoms with E-state index in [2.05, 4.69) is 21.2 Å². The van der Waals surface area contributed by atoms with Gasteiger partial charge in [0.05, 0.1) is 25.9 Å². The number of carboxylic acid groups (broad SMARTS) is 1. The highest BCUT2D eigenvalue weighted by atomic mass is 79.9. The molecule has 2 aromatic rings. The normalized spacial score (nSPS) is 10.0. The Morgan fingerprint density at radius 2 is 1.70 bits per heavy atom. The van der Waals surface area contributed by atoms with E-state index in [1.54, 1.807) is 24.3 Å². The monoisotopic (exact) mass is 378 g/mol. The molecule has 2 rings (SSSR count). The Balaban J connectivity index is 2.43. The summed E-state index contributed by atoms with van der Waals surface area (Å²) < 4.78 is 10.9. The molecule has 7 heteroatoms. The number of halogens is 1. The summed E-state index contributed by atoms with van der Waals surface area (Å²) in [6.07, 6.45) is 0. The molecule has 0 unspecified atom stereocenters. The maximum Gasteiger partial charge on any atom is 0.263 e. The molecule has 0 atom stereocenters. The van der Waals surface area contributed by atoms with Crippen molar-refractivity contribution in [3.8, 4) is 11.5 Å². The first-order valence-electron chi connectivity index (χ1n) is 6.51.